The number of methoxy groups -OCH3 is 1. The first-order valence-corrected chi connectivity index (χ1v) is 7.84. The summed E-state index contributed by atoms with van der Waals surface area (Å²) in [5.41, 5.74) is 0.395. The van der Waals surface area contributed by atoms with Crippen molar-refractivity contribution in [3.63, 3.8) is 0 Å². The van der Waals surface area contributed by atoms with Gasteiger partial charge in [-0.05, 0) is 23.8 Å². The standard InChI is InChI=1S/C18H19NO5/c1-12(20)19-9-7-18(8-10-19)17(22)14-11-13(3-5-15(14)24-18)4-6-16(21)23-2/h3-6,11H,7-10H2,1-2H3/b6-4+. The number of ether oxygens (including phenoxy) is 2. The summed E-state index contributed by atoms with van der Waals surface area (Å²) >= 11 is 0. The molecule has 2 aliphatic rings. The van der Waals surface area contributed by atoms with Gasteiger partial charge in [-0.1, -0.05) is 6.07 Å². The number of likely N-dealkylation sites (tertiary alicyclic amines) is 1. The highest BCUT2D eigenvalue weighted by atomic mass is 16.5. The maximum atomic E-state index is 12.9. The molecule has 1 aromatic carbocycles. The van der Waals surface area contributed by atoms with E-state index in [9.17, 15) is 14.4 Å². The molecule has 0 atom stereocenters. The van der Waals surface area contributed by atoms with Crippen molar-refractivity contribution in [2.45, 2.75) is 25.4 Å². The van der Waals surface area contributed by atoms with Crippen LogP contribution >= 0.6 is 0 Å². The number of piperidine rings is 1. The van der Waals surface area contributed by atoms with E-state index in [2.05, 4.69) is 4.74 Å². The molecule has 6 nitrogen and oxygen atoms in total. The van der Waals surface area contributed by atoms with Crippen molar-refractivity contribution < 1.29 is 23.9 Å². The summed E-state index contributed by atoms with van der Waals surface area (Å²) in [5, 5.41) is 0. The molecule has 0 radical (unpaired) electrons. The van der Waals surface area contributed by atoms with Crippen LogP contribution in [-0.4, -0.2) is 48.4 Å². The van der Waals surface area contributed by atoms with Crippen molar-refractivity contribution in [2.75, 3.05) is 20.2 Å². The van der Waals surface area contributed by atoms with Gasteiger partial charge in [0.2, 0.25) is 11.7 Å². The highest BCUT2D eigenvalue weighted by Crippen LogP contribution is 2.41. The summed E-state index contributed by atoms with van der Waals surface area (Å²) in [6.45, 7) is 2.57. The van der Waals surface area contributed by atoms with E-state index < -0.39 is 11.6 Å². The third-order valence-electron chi connectivity index (χ3n) is 4.60. The van der Waals surface area contributed by atoms with Crippen molar-refractivity contribution in [1.82, 2.24) is 4.90 Å². The predicted octanol–water partition coefficient (Wildman–Crippen LogP) is 1.83. The Bertz CT molecular complexity index is 729. The second-order valence-corrected chi connectivity index (χ2v) is 6.04. The highest BCUT2D eigenvalue weighted by molar-refractivity contribution is 6.08. The van der Waals surface area contributed by atoms with E-state index in [4.69, 9.17) is 4.74 Å². The first-order valence-electron chi connectivity index (χ1n) is 7.84. The van der Waals surface area contributed by atoms with E-state index >= 15 is 0 Å². The molecule has 0 unspecified atom stereocenters. The van der Waals surface area contributed by atoms with E-state index in [1.54, 1.807) is 29.2 Å². The molecule has 0 bridgehead atoms. The lowest BCUT2D eigenvalue weighted by Gasteiger charge is -2.36. The van der Waals surface area contributed by atoms with Crippen LogP contribution < -0.4 is 4.74 Å². The Morgan fingerprint density at radius 3 is 2.62 bits per heavy atom. The second kappa shape index (κ2) is 6.11. The number of benzene rings is 1. The van der Waals surface area contributed by atoms with Crippen molar-refractivity contribution in [3.8, 4) is 5.75 Å². The number of amides is 1. The van der Waals surface area contributed by atoms with Gasteiger partial charge >= 0.3 is 5.97 Å². The van der Waals surface area contributed by atoms with Gasteiger partial charge in [-0.2, -0.15) is 0 Å². The fourth-order valence-electron chi connectivity index (χ4n) is 3.16. The lowest BCUT2D eigenvalue weighted by molar-refractivity contribution is -0.134. The summed E-state index contributed by atoms with van der Waals surface area (Å²) in [6, 6.07) is 5.26. The molecular weight excluding hydrogens is 310 g/mol. The number of esters is 1. The maximum absolute atomic E-state index is 12.9. The monoisotopic (exact) mass is 329 g/mol. The number of nitrogens with zero attached hydrogens (tertiary/aromatic N) is 1. The molecule has 0 aliphatic carbocycles. The zero-order chi connectivity index (χ0) is 17.3. The molecule has 1 aromatic rings. The molecule has 1 amide bonds. The molecule has 6 heteroatoms. The lowest BCUT2D eigenvalue weighted by Crippen LogP contribution is -2.51. The largest absolute Gasteiger partial charge is 0.478 e. The summed E-state index contributed by atoms with van der Waals surface area (Å²) in [4.78, 5) is 37.2. The zero-order valence-electron chi connectivity index (χ0n) is 13.7. The van der Waals surface area contributed by atoms with Gasteiger partial charge in [0, 0.05) is 38.9 Å². The normalized spacial score (nSPS) is 18.6. The molecule has 2 aliphatic heterocycles. The van der Waals surface area contributed by atoms with Gasteiger partial charge in [0.05, 0.1) is 12.7 Å². The molecule has 0 saturated carbocycles. The summed E-state index contributed by atoms with van der Waals surface area (Å²) in [7, 11) is 1.31. The van der Waals surface area contributed by atoms with Crippen LogP contribution in [0.4, 0.5) is 0 Å². The molecular formula is C18H19NO5. The van der Waals surface area contributed by atoms with Crippen molar-refractivity contribution in [1.29, 1.82) is 0 Å². The van der Waals surface area contributed by atoms with Crippen LogP contribution in [0.1, 0.15) is 35.7 Å². The Labute approximate surface area is 140 Å². The van der Waals surface area contributed by atoms with Gasteiger partial charge < -0.3 is 14.4 Å². The maximum Gasteiger partial charge on any atom is 0.330 e. The number of carbonyl (C=O) groups excluding carboxylic acids is 3. The molecule has 1 saturated heterocycles. The number of rotatable bonds is 2. The van der Waals surface area contributed by atoms with Crippen LogP contribution in [0.3, 0.4) is 0 Å². The topological polar surface area (TPSA) is 72.9 Å². The first kappa shape index (κ1) is 16.2. The minimum Gasteiger partial charge on any atom is -0.478 e. The van der Waals surface area contributed by atoms with Crippen LogP contribution in [0, 0.1) is 0 Å². The Morgan fingerprint density at radius 2 is 2.00 bits per heavy atom. The molecule has 0 aromatic heterocycles. The molecule has 126 valence electrons. The third kappa shape index (κ3) is 2.79. The fraction of sp³-hybridized carbons (Fsp3) is 0.389. The van der Waals surface area contributed by atoms with Crippen LogP contribution in [0.25, 0.3) is 6.08 Å². The van der Waals surface area contributed by atoms with Crippen LogP contribution in [0.5, 0.6) is 5.75 Å². The average Bonchev–Trinajstić information content (AvgIpc) is 2.85. The lowest BCUT2D eigenvalue weighted by atomic mass is 9.85. The van der Waals surface area contributed by atoms with Crippen molar-refractivity contribution in [2.24, 2.45) is 0 Å². The smallest absolute Gasteiger partial charge is 0.330 e. The van der Waals surface area contributed by atoms with Gasteiger partial charge in [-0.15, -0.1) is 0 Å². The Morgan fingerprint density at radius 1 is 1.29 bits per heavy atom. The Hall–Kier alpha value is -2.63. The summed E-state index contributed by atoms with van der Waals surface area (Å²) in [5.74, 6) is 0.0784. The zero-order valence-corrected chi connectivity index (χ0v) is 13.7. The molecule has 1 fully saturated rings. The summed E-state index contributed by atoms with van der Waals surface area (Å²) < 4.78 is 10.5. The predicted molar refractivity (Wildman–Crippen MR) is 86.7 cm³/mol. The molecule has 24 heavy (non-hydrogen) atoms. The van der Waals surface area contributed by atoms with Gasteiger partial charge in [-0.25, -0.2) is 4.79 Å². The van der Waals surface area contributed by atoms with E-state index in [-0.39, 0.29) is 11.7 Å². The molecule has 2 heterocycles. The number of hydrogen-bond donors (Lipinski definition) is 0. The van der Waals surface area contributed by atoms with Crippen LogP contribution in [0.15, 0.2) is 24.3 Å². The SMILES string of the molecule is COC(=O)/C=C/c1ccc2c(c1)C(=O)C1(CCN(C(C)=O)CC1)O2. The third-order valence-corrected chi connectivity index (χ3v) is 4.60. The minimum absolute atomic E-state index is 0.0167. The molecule has 1 spiro atoms. The van der Waals surface area contributed by atoms with Gasteiger partial charge in [0.1, 0.15) is 5.75 Å². The van der Waals surface area contributed by atoms with Gasteiger partial charge in [-0.3, -0.25) is 9.59 Å². The highest BCUT2D eigenvalue weighted by Gasteiger charge is 2.49. The first-order chi connectivity index (χ1) is 11.4. The van der Waals surface area contributed by atoms with E-state index in [0.29, 0.717) is 37.2 Å². The average molecular weight is 329 g/mol. The summed E-state index contributed by atoms with van der Waals surface area (Å²) in [6.07, 6.45) is 3.90. The quantitative estimate of drug-likeness (QED) is 0.611. The van der Waals surface area contributed by atoms with E-state index in [1.165, 1.54) is 20.1 Å². The Balaban J connectivity index is 1.80. The van der Waals surface area contributed by atoms with Crippen molar-refractivity contribution in [3.05, 3.63) is 35.4 Å². The number of hydrogen-bond acceptors (Lipinski definition) is 5. The van der Waals surface area contributed by atoms with Crippen LogP contribution in [-0.2, 0) is 14.3 Å². The Kier molecular flexibility index (Phi) is 4.13. The number of fused-ring (bicyclic) bond motifs is 1. The fourth-order valence-corrected chi connectivity index (χ4v) is 3.16. The minimum atomic E-state index is -0.862. The molecule has 3 rings (SSSR count). The van der Waals surface area contributed by atoms with E-state index in [1.807, 2.05) is 0 Å². The second-order valence-electron chi connectivity index (χ2n) is 6.04. The van der Waals surface area contributed by atoms with Crippen molar-refractivity contribution >= 4 is 23.7 Å². The number of ketones is 1. The number of Topliss-reactive ketones (excluding diaryl/α,β-unsaturated/α-hetero) is 1. The number of carbonyl (C=O) groups is 3. The molecule has 0 N–H and O–H groups in total. The van der Waals surface area contributed by atoms with Gasteiger partial charge in [0.25, 0.3) is 0 Å². The van der Waals surface area contributed by atoms with Gasteiger partial charge in [0.15, 0.2) is 5.60 Å². The van der Waals surface area contributed by atoms with Crippen LogP contribution in [0.2, 0.25) is 0 Å². The van der Waals surface area contributed by atoms with E-state index in [0.717, 1.165) is 5.56 Å².